The van der Waals surface area contributed by atoms with Gasteiger partial charge in [-0.15, -0.1) is 0 Å². The molecular formula is C10H9BO. The zero-order valence-corrected chi connectivity index (χ0v) is 6.95. The molecule has 0 unspecified atom stereocenters. The van der Waals surface area contributed by atoms with E-state index in [1.54, 1.807) is 8.05 Å². The molecule has 12 heavy (non-hydrogen) atoms. The van der Waals surface area contributed by atoms with Crippen LogP contribution in [0.2, 0.25) is 0 Å². The minimum atomic E-state index is 0.911. The fraction of sp³-hybridized carbons (Fsp3) is 0. The number of benzene rings is 2. The fourth-order valence-electron chi connectivity index (χ4n) is 1.29. The highest BCUT2D eigenvalue weighted by Gasteiger charge is 1.92. The lowest BCUT2D eigenvalue weighted by Gasteiger charge is -2.01. The SMILES string of the molecule is BOc1ccc2ccccc2c1. The molecule has 0 heterocycles. The third-order valence-electron chi connectivity index (χ3n) is 1.96. The first kappa shape index (κ1) is 7.23. The number of hydrogen-bond acceptors (Lipinski definition) is 1. The molecule has 0 saturated carbocycles. The number of fused-ring (bicyclic) bond motifs is 1. The van der Waals surface area contributed by atoms with Gasteiger partial charge in [0.25, 0.3) is 0 Å². The van der Waals surface area contributed by atoms with Crippen molar-refractivity contribution >= 4 is 18.8 Å². The Kier molecular flexibility index (Phi) is 1.74. The van der Waals surface area contributed by atoms with Crippen molar-refractivity contribution in [3.8, 4) is 5.75 Å². The van der Waals surface area contributed by atoms with Crippen LogP contribution in [0.25, 0.3) is 10.8 Å². The summed E-state index contributed by atoms with van der Waals surface area (Å²) in [5.41, 5.74) is 0. The molecule has 0 aliphatic rings. The normalized spacial score (nSPS) is 10.0. The second-order valence-electron chi connectivity index (χ2n) is 2.71. The van der Waals surface area contributed by atoms with Crippen molar-refractivity contribution in [1.82, 2.24) is 0 Å². The van der Waals surface area contributed by atoms with Crippen molar-refractivity contribution < 1.29 is 4.65 Å². The molecule has 0 fully saturated rings. The molecule has 0 aromatic heterocycles. The van der Waals surface area contributed by atoms with Crippen LogP contribution in [0.5, 0.6) is 5.75 Å². The Morgan fingerprint density at radius 1 is 0.917 bits per heavy atom. The zero-order valence-electron chi connectivity index (χ0n) is 6.95. The summed E-state index contributed by atoms with van der Waals surface area (Å²) in [5, 5.41) is 2.47. The Morgan fingerprint density at radius 3 is 2.42 bits per heavy atom. The van der Waals surface area contributed by atoms with Gasteiger partial charge in [0.2, 0.25) is 0 Å². The van der Waals surface area contributed by atoms with Crippen molar-refractivity contribution in [2.24, 2.45) is 0 Å². The van der Waals surface area contributed by atoms with Crippen LogP contribution < -0.4 is 4.65 Å². The predicted octanol–water partition coefficient (Wildman–Crippen LogP) is 1.77. The van der Waals surface area contributed by atoms with Crippen LogP contribution in [0.1, 0.15) is 0 Å². The number of rotatable bonds is 1. The summed E-state index contributed by atoms with van der Waals surface area (Å²) in [5.74, 6) is 0.911. The van der Waals surface area contributed by atoms with E-state index in [1.807, 2.05) is 24.3 Å². The molecule has 2 heteroatoms. The van der Waals surface area contributed by atoms with Crippen LogP contribution in [-0.2, 0) is 0 Å². The van der Waals surface area contributed by atoms with Gasteiger partial charge in [-0.1, -0.05) is 30.3 Å². The second kappa shape index (κ2) is 2.90. The molecule has 0 amide bonds. The number of hydrogen-bond donors (Lipinski definition) is 0. The third-order valence-corrected chi connectivity index (χ3v) is 1.96. The van der Waals surface area contributed by atoms with Crippen LogP contribution in [0.4, 0.5) is 0 Å². The first-order valence-corrected chi connectivity index (χ1v) is 3.93. The molecular weight excluding hydrogens is 147 g/mol. The van der Waals surface area contributed by atoms with Crippen LogP contribution in [-0.4, -0.2) is 8.05 Å². The first-order chi connectivity index (χ1) is 5.90. The summed E-state index contributed by atoms with van der Waals surface area (Å²) in [7, 11) is 1.68. The van der Waals surface area contributed by atoms with Gasteiger partial charge in [0.1, 0.15) is 0 Å². The van der Waals surface area contributed by atoms with Crippen LogP contribution in [0.3, 0.4) is 0 Å². The smallest absolute Gasteiger partial charge is 0.322 e. The fourth-order valence-corrected chi connectivity index (χ4v) is 1.29. The van der Waals surface area contributed by atoms with Gasteiger partial charge in [0.15, 0.2) is 0 Å². The van der Waals surface area contributed by atoms with E-state index in [4.69, 9.17) is 4.65 Å². The molecule has 2 rings (SSSR count). The lowest BCUT2D eigenvalue weighted by molar-refractivity contribution is 0.617. The van der Waals surface area contributed by atoms with Gasteiger partial charge in [0.05, 0.1) is 5.75 Å². The third kappa shape index (κ3) is 1.16. The molecule has 0 N–H and O–H groups in total. The van der Waals surface area contributed by atoms with Crippen molar-refractivity contribution in [3.05, 3.63) is 42.5 Å². The quantitative estimate of drug-likeness (QED) is 0.571. The maximum absolute atomic E-state index is 5.12. The molecule has 0 radical (unpaired) electrons. The first-order valence-electron chi connectivity index (χ1n) is 3.93. The lowest BCUT2D eigenvalue weighted by Crippen LogP contribution is -1.83. The maximum atomic E-state index is 5.12. The van der Waals surface area contributed by atoms with Crippen molar-refractivity contribution in [1.29, 1.82) is 0 Å². The summed E-state index contributed by atoms with van der Waals surface area (Å²) < 4.78 is 5.12. The van der Waals surface area contributed by atoms with E-state index in [2.05, 4.69) is 18.2 Å². The molecule has 0 atom stereocenters. The van der Waals surface area contributed by atoms with Crippen molar-refractivity contribution in [2.75, 3.05) is 0 Å². The van der Waals surface area contributed by atoms with Gasteiger partial charge >= 0.3 is 8.05 Å². The Labute approximate surface area is 72.4 Å². The average Bonchev–Trinajstić information content (AvgIpc) is 2.17. The molecule has 58 valence electrons. The van der Waals surface area contributed by atoms with E-state index in [0.29, 0.717) is 0 Å². The molecule has 0 aliphatic heterocycles. The maximum Gasteiger partial charge on any atom is 0.322 e. The molecule has 0 saturated heterocycles. The van der Waals surface area contributed by atoms with Gasteiger partial charge < -0.3 is 4.65 Å². The lowest BCUT2D eigenvalue weighted by atomic mass is 10.1. The standard InChI is InChI=1S/C10H9BO/c11-12-10-6-5-8-3-1-2-4-9(8)7-10/h1-7H,11H2. The van der Waals surface area contributed by atoms with E-state index < -0.39 is 0 Å². The average molecular weight is 156 g/mol. The van der Waals surface area contributed by atoms with Crippen LogP contribution in [0, 0.1) is 0 Å². The van der Waals surface area contributed by atoms with Crippen LogP contribution >= 0.6 is 0 Å². The van der Waals surface area contributed by atoms with E-state index in [0.717, 1.165) is 5.75 Å². The highest BCUT2D eigenvalue weighted by atomic mass is 16.4. The minimum absolute atomic E-state index is 0.911. The Hall–Kier alpha value is -1.44. The Bertz CT molecular complexity index is 398. The predicted molar refractivity (Wildman–Crippen MR) is 53.1 cm³/mol. The van der Waals surface area contributed by atoms with Gasteiger partial charge in [-0.2, -0.15) is 0 Å². The van der Waals surface area contributed by atoms with Crippen molar-refractivity contribution in [2.45, 2.75) is 0 Å². The minimum Gasteiger partial charge on any atom is -0.568 e. The summed E-state index contributed by atoms with van der Waals surface area (Å²) >= 11 is 0. The molecule has 2 aromatic rings. The van der Waals surface area contributed by atoms with E-state index in [9.17, 15) is 0 Å². The van der Waals surface area contributed by atoms with Gasteiger partial charge in [-0.05, 0) is 22.9 Å². The van der Waals surface area contributed by atoms with E-state index >= 15 is 0 Å². The monoisotopic (exact) mass is 156 g/mol. The highest BCUT2D eigenvalue weighted by Crippen LogP contribution is 2.19. The van der Waals surface area contributed by atoms with Gasteiger partial charge in [-0.3, -0.25) is 0 Å². The largest absolute Gasteiger partial charge is 0.568 e. The Morgan fingerprint density at radius 2 is 1.67 bits per heavy atom. The Balaban J connectivity index is 2.67. The molecule has 1 nitrogen and oxygen atoms in total. The van der Waals surface area contributed by atoms with Crippen LogP contribution in [0.15, 0.2) is 42.5 Å². The highest BCUT2D eigenvalue weighted by molar-refractivity contribution is 6.00. The molecule has 0 bridgehead atoms. The van der Waals surface area contributed by atoms with Gasteiger partial charge in [-0.25, -0.2) is 0 Å². The summed E-state index contributed by atoms with van der Waals surface area (Å²) in [6, 6.07) is 14.3. The molecule has 0 spiro atoms. The zero-order chi connectivity index (χ0) is 8.39. The van der Waals surface area contributed by atoms with Crippen molar-refractivity contribution in [3.63, 3.8) is 0 Å². The molecule has 2 aromatic carbocycles. The van der Waals surface area contributed by atoms with Gasteiger partial charge in [0, 0.05) is 0 Å². The summed E-state index contributed by atoms with van der Waals surface area (Å²) in [6.07, 6.45) is 0. The van der Waals surface area contributed by atoms with E-state index in [-0.39, 0.29) is 0 Å². The topological polar surface area (TPSA) is 9.23 Å². The summed E-state index contributed by atoms with van der Waals surface area (Å²) in [6.45, 7) is 0. The van der Waals surface area contributed by atoms with E-state index in [1.165, 1.54) is 10.8 Å². The molecule has 0 aliphatic carbocycles. The second-order valence-corrected chi connectivity index (χ2v) is 2.71. The summed E-state index contributed by atoms with van der Waals surface area (Å²) in [4.78, 5) is 0.